The molecule has 21 heavy (non-hydrogen) atoms. The van der Waals surface area contributed by atoms with E-state index in [2.05, 4.69) is 22.2 Å². The molecule has 7 heteroatoms. The SMILES string of the molecule is CCNc1cc(OC2CCC(C)CC2)nc(C(F)(F)F)n1. The van der Waals surface area contributed by atoms with Crippen LogP contribution in [0.3, 0.4) is 0 Å². The average Bonchev–Trinajstić information content (AvgIpc) is 2.41. The molecule has 0 atom stereocenters. The van der Waals surface area contributed by atoms with Gasteiger partial charge in [-0.2, -0.15) is 18.2 Å². The maximum absolute atomic E-state index is 12.8. The quantitative estimate of drug-likeness (QED) is 0.917. The first-order chi connectivity index (χ1) is 9.88. The van der Waals surface area contributed by atoms with Gasteiger partial charge in [0.05, 0.1) is 0 Å². The van der Waals surface area contributed by atoms with Crippen LogP contribution >= 0.6 is 0 Å². The molecule has 0 unspecified atom stereocenters. The van der Waals surface area contributed by atoms with Crippen molar-refractivity contribution < 1.29 is 17.9 Å². The van der Waals surface area contributed by atoms with Gasteiger partial charge < -0.3 is 10.1 Å². The first-order valence-corrected chi connectivity index (χ1v) is 7.25. The van der Waals surface area contributed by atoms with E-state index in [4.69, 9.17) is 4.74 Å². The van der Waals surface area contributed by atoms with Crippen molar-refractivity contribution in [3.63, 3.8) is 0 Å². The van der Waals surface area contributed by atoms with Gasteiger partial charge in [0.2, 0.25) is 11.7 Å². The van der Waals surface area contributed by atoms with Gasteiger partial charge in [-0.05, 0) is 38.5 Å². The lowest BCUT2D eigenvalue weighted by atomic mass is 9.89. The summed E-state index contributed by atoms with van der Waals surface area (Å²) in [5.74, 6) is -0.384. The van der Waals surface area contributed by atoms with Gasteiger partial charge in [-0.1, -0.05) is 6.92 Å². The Kier molecular flexibility index (Phi) is 4.90. The predicted molar refractivity (Wildman–Crippen MR) is 73.2 cm³/mol. The molecule has 0 radical (unpaired) electrons. The molecular weight excluding hydrogens is 283 g/mol. The van der Waals surface area contributed by atoms with Crippen LogP contribution < -0.4 is 10.1 Å². The first kappa shape index (κ1) is 15.9. The minimum Gasteiger partial charge on any atom is -0.474 e. The number of ether oxygens (including phenoxy) is 1. The molecule has 1 aromatic heterocycles. The highest BCUT2D eigenvalue weighted by Gasteiger charge is 2.36. The van der Waals surface area contributed by atoms with E-state index < -0.39 is 12.0 Å². The van der Waals surface area contributed by atoms with E-state index in [1.54, 1.807) is 6.92 Å². The Morgan fingerprint density at radius 1 is 1.24 bits per heavy atom. The van der Waals surface area contributed by atoms with Crippen molar-refractivity contribution in [2.24, 2.45) is 5.92 Å². The van der Waals surface area contributed by atoms with Crippen LogP contribution in [-0.2, 0) is 6.18 Å². The Labute approximate surface area is 122 Å². The van der Waals surface area contributed by atoms with Crippen LogP contribution in [0.2, 0.25) is 0 Å². The van der Waals surface area contributed by atoms with Gasteiger partial charge in [0.15, 0.2) is 0 Å². The number of halogens is 3. The lowest BCUT2D eigenvalue weighted by Gasteiger charge is -2.26. The van der Waals surface area contributed by atoms with Crippen LogP contribution in [0.15, 0.2) is 6.07 Å². The summed E-state index contributed by atoms with van der Waals surface area (Å²) in [6, 6.07) is 1.43. The summed E-state index contributed by atoms with van der Waals surface area (Å²) in [6.07, 6.45) is -0.882. The van der Waals surface area contributed by atoms with Gasteiger partial charge in [-0.15, -0.1) is 0 Å². The molecule has 0 aliphatic heterocycles. The van der Waals surface area contributed by atoms with E-state index in [1.807, 2.05) is 0 Å². The average molecular weight is 303 g/mol. The van der Waals surface area contributed by atoms with Gasteiger partial charge in [-0.3, -0.25) is 0 Å². The molecule has 0 aromatic carbocycles. The Morgan fingerprint density at radius 3 is 2.48 bits per heavy atom. The highest BCUT2D eigenvalue weighted by molar-refractivity contribution is 5.38. The minimum atomic E-state index is -4.58. The third kappa shape index (κ3) is 4.47. The second kappa shape index (κ2) is 6.49. The number of aromatic nitrogens is 2. The van der Waals surface area contributed by atoms with E-state index >= 15 is 0 Å². The summed E-state index contributed by atoms with van der Waals surface area (Å²) < 4.78 is 44.1. The highest BCUT2D eigenvalue weighted by atomic mass is 19.4. The summed E-state index contributed by atoms with van der Waals surface area (Å²) in [4.78, 5) is 6.97. The minimum absolute atomic E-state index is 0.00664. The molecule has 118 valence electrons. The lowest BCUT2D eigenvalue weighted by molar-refractivity contribution is -0.145. The summed E-state index contributed by atoms with van der Waals surface area (Å²) in [5.41, 5.74) is 0. The Bertz CT molecular complexity index is 471. The van der Waals surface area contributed by atoms with Crippen molar-refractivity contribution in [2.45, 2.75) is 51.8 Å². The van der Waals surface area contributed by atoms with Gasteiger partial charge in [0, 0.05) is 12.6 Å². The van der Waals surface area contributed by atoms with Crippen molar-refractivity contribution >= 4 is 5.82 Å². The van der Waals surface area contributed by atoms with E-state index in [1.165, 1.54) is 6.07 Å². The van der Waals surface area contributed by atoms with Gasteiger partial charge >= 0.3 is 6.18 Å². The van der Waals surface area contributed by atoms with E-state index in [9.17, 15) is 13.2 Å². The van der Waals surface area contributed by atoms with Crippen molar-refractivity contribution in [3.8, 4) is 5.88 Å². The van der Waals surface area contributed by atoms with Gasteiger partial charge in [0.25, 0.3) is 0 Å². The zero-order chi connectivity index (χ0) is 15.5. The number of nitrogens with one attached hydrogen (secondary N) is 1. The molecule has 1 aromatic rings. The largest absolute Gasteiger partial charge is 0.474 e. The van der Waals surface area contributed by atoms with Crippen LogP contribution in [0, 0.1) is 5.92 Å². The number of alkyl halides is 3. The van der Waals surface area contributed by atoms with Crippen LogP contribution in [0.25, 0.3) is 0 Å². The monoisotopic (exact) mass is 303 g/mol. The molecule has 0 spiro atoms. The number of nitrogens with zero attached hydrogens (tertiary/aromatic N) is 2. The fourth-order valence-corrected chi connectivity index (χ4v) is 2.40. The molecular formula is C14H20F3N3O. The topological polar surface area (TPSA) is 47.0 Å². The Balaban J connectivity index is 2.15. The van der Waals surface area contributed by atoms with Crippen molar-refractivity contribution in [2.75, 3.05) is 11.9 Å². The van der Waals surface area contributed by atoms with Crippen LogP contribution in [0.1, 0.15) is 45.4 Å². The summed E-state index contributed by atoms with van der Waals surface area (Å²) in [7, 11) is 0. The Hall–Kier alpha value is -1.53. The molecule has 4 nitrogen and oxygen atoms in total. The molecule has 1 fully saturated rings. The first-order valence-electron chi connectivity index (χ1n) is 7.25. The highest BCUT2D eigenvalue weighted by Crippen LogP contribution is 2.31. The zero-order valence-electron chi connectivity index (χ0n) is 12.2. The van der Waals surface area contributed by atoms with Gasteiger partial charge in [0.1, 0.15) is 11.9 Å². The van der Waals surface area contributed by atoms with Gasteiger partial charge in [-0.25, -0.2) is 4.98 Å². The Morgan fingerprint density at radius 2 is 1.90 bits per heavy atom. The van der Waals surface area contributed by atoms with Crippen LogP contribution in [-0.4, -0.2) is 22.6 Å². The van der Waals surface area contributed by atoms with Crippen molar-refractivity contribution in [1.29, 1.82) is 0 Å². The maximum Gasteiger partial charge on any atom is 0.451 e. The maximum atomic E-state index is 12.8. The zero-order valence-corrected chi connectivity index (χ0v) is 12.2. The molecule has 0 amide bonds. The molecule has 1 N–H and O–H groups in total. The number of hydrogen-bond donors (Lipinski definition) is 1. The molecule has 1 heterocycles. The number of rotatable bonds is 4. The molecule has 1 aliphatic rings. The molecule has 0 saturated heterocycles. The predicted octanol–water partition coefficient (Wildman–Crippen LogP) is 3.88. The van der Waals surface area contributed by atoms with Crippen LogP contribution in [0.5, 0.6) is 5.88 Å². The fraction of sp³-hybridized carbons (Fsp3) is 0.714. The summed E-state index contributed by atoms with van der Waals surface area (Å²) in [6.45, 7) is 4.44. The van der Waals surface area contributed by atoms with Crippen LogP contribution in [0.4, 0.5) is 19.0 Å². The fourth-order valence-electron chi connectivity index (χ4n) is 2.40. The number of hydrogen-bond acceptors (Lipinski definition) is 4. The lowest BCUT2D eigenvalue weighted by Crippen LogP contribution is -2.24. The molecule has 0 bridgehead atoms. The molecule has 1 saturated carbocycles. The van der Waals surface area contributed by atoms with E-state index in [0.717, 1.165) is 25.7 Å². The van der Waals surface area contributed by atoms with Crippen molar-refractivity contribution in [3.05, 3.63) is 11.9 Å². The third-order valence-electron chi connectivity index (χ3n) is 3.56. The van der Waals surface area contributed by atoms with E-state index in [0.29, 0.717) is 12.5 Å². The summed E-state index contributed by atoms with van der Waals surface area (Å²) >= 11 is 0. The third-order valence-corrected chi connectivity index (χ3v) is 3.56. The normalized spacial score (nSPS) is 22.9. The molecule has 2 rings (SSSR count). The standard InChI is InChI=1S/C14H20F3N3O/c1-3-18-11-8-12(20-13(19-11)14(15,16)17)21-10-6-4-9(2)5-7-10/h8-10H,3-7H2,1-2H3,(H,18,19,20). The molecule has 1 aliphatic carbocycles. The smallest absolute Gasteiger partial charge is 0.451 e. The van der Waals surface area contributed by atoms with Crippen molar-refractivity contribution in [1.82, 2.24) is 9.97 Å². The second-order valence-corrected chi connectivity index (χ2v) is 5.44. The second-order valence-electron chi connectivity index (χ2n) is 5.44. The number of anilines is 1. The summed E-state index contributed by atoms with van der Waals surface area (Å²) in [5, 5.41) is 2.77. The van der Waals surface area contributed by atoms with E-state index in [-0.39, 0.29) is 17.8 Å².